The minimum atomic E-state index is -4.76. The molecule has 0 saturated carbocycles. The largest absolute Gasteiger partial charge is 0.435 e. The lowest BCUT2D eigenvalue weighted by Crippen LogP contribution is -2.25. The average molecular weight is 429 g/mol. The highest BCUT2D eigenvalue weighted by atomic mass is 32.2. The first kappa shape index (κ1) is 20.1. The molecule has 0 aliphatic carbocycles. The van der Waals surface area contributed by atoms with Crippen LogP contribution in [0.2, 0.25) is 0 Å². The third-order valence-electron chi connectivity index (χ3n) is 3.74. The third kappa shape index (κ3) is 4.25. The van der Waals surface area contributed by atoms with Crippen LogP contribution in [-0.4, -0.2) is 28.8 Å². The van der Waals surface area contributed by atoms with Crippen LogP contribution in [0.3, 0.4) is 0 Å². The van der Waals surface area contributed by atoms with Crippen LogP contribution < -0.4 is 4.83 Å². The molecular formula is C17H14F3N3O3S2. The van der Waals surface area contributed by atoms with Crippen molar-refractivity contribution in [3.63, 3.8) is 0 Å². The Morgan fingerprint density at radius 2 is 1.64 bits per heavy atom. The van der Waals surface area contributed by atoms with Gasteiger partial charge in [-0.3, -0.25) is 4.21 Å². The highest BCUT2D eigenvalue weighted by Crippen LogP contribution is 2.32. The van der Waals surface area contributed by atoms with Gasteiger partial charge in [0, 0.05) is 27.5 Å². The van der Waals surface area contributed by atoms with Gasteiger partial charge in [0.15, 0.2) is 5.69 Å². The van der Waals surface area contributed by atoms with E-state index in [1.54, 1.807) is 6.07 Å². The smallest absolute Gasteiger partial charge is 0.255 e. The normalized spacial score (nSPS) is 13.3. The SMILES string of the molecule is CS(=O)c1ccc(-c2cc(C(F)(F)F)nn2NS(=O)(=O)c2ccccc2)cc1. The van der Waals surface area contributed by atoms with Gasteiger partial charge in [-0.25, -0.2) is 0 Å². The monoisotopic (exact) mass is 429 g/mol. The Morgan fingerprint density at radius 3 is 2.18 bits per heavy atom. The summed E-state index contributed by atoms with van der Waals surface area (Å²) in [5.74, 6) is 0. The van der Waals surface area contributed by atoms with E-state index in [9.17, 15) is 25.8 Å². The molecule has 2 aromatic carbocycles. The molecule has 3 aromatic rings. The molecule has 0 amide bonds. The van der Waals surface area contributed by atoms with E-state index >= 15 is 0 Å². The van der Waals surface area contributed by atoms with Gasteiger partial charge < -0.3 is 0 Å². The molecule has 28 heavy (non-hydrogen) atoms. The summed E-state index contributed by atoms with van der Waals surface area (Å²) in [6, 6.07) is 13.8. The van der Waals surface area contributed by atoms with Gasteiger partial charge in [0.2, 0.25) is 0 Å². The fourth-order valence-corrected chi connectivity index (χ4v) is 3.89. The van der Waals surface area contributed by atoms with Crippen molar-refractivity contribution >= 4 is 20.8 Å². The van der Waals surface area contributed by atoms with Crippen molar-refractivity contribution in [2.75, 3.05) is 11.1 Å². The van der Waals surface area contributed by atoms with Crippen molar-refractivity contribution in [3.8, 4) is 11.3 Å². The van der Waals surface area contributed by atoms with E-state index in [0.717, 1.165) is 6.07 Å². The Hall–Kier alpha value is -2.66. The van der Waals surface area contributed by atoms with Crippen molar-refractivity contribution in [2.24, 2.45) is 0 Å². The molecule has 1 atom stereocenters. The quantitative estimate of drug-likeness (QED) is 0.675. The van der Waals surface area contributed by atoms with Crippen molar-refractivity contribution in [1.29, 1.82) is 0 Å². The number of alkyl halides is 3. The van der Waals surface area contributed by atoms with Crippen LogP contribution in [-0.2, 0) is 27.0 Å². The van der Waals surface area contributed by atoms with Crippen LogP contribution in [0.4, 0.5) is 13.2 Å². The molecule has 0 aliphatic heterocycles. The van der Waals surface area contributed by atoms with Gasteiger partial charge in [-0.2, -0.15) is 31.2 Å². The fraction of sp³-hybridized carbons (Fsp3) is 0.118. The summed E-state index contributed by atoms with van der Waals surface area (Å²) >= 11 is 0. The van der Waals surface area contributed by atoms with E-state index in [1.807, 2.05) is 4.83 Å². The number of nitrogens with zero attached hydrogens (tertiary/aromatic N) is 2. The Balaban J connectivity index is 2.07. The lowest BCUT2D eigenvalue weighted by atomic mass is 10.1. The molecular weight excluding hydrogens is 415 g/mol. The van der Waals surface area contributed by atoms with Crippen LogP contribution in [0.1, 0.15) is 5.69 Å². The van der Waals surface area contributed by atoms with Crippen LogP contribution in [0.15, 0.2) is 70.5 Å². The van der Waals surface area contributed by atoms with E-state index in [-0.39, 0.29) is 16.2 Å². The third-order valence-corrected chi connectivity index (χ3v) is 5.98. The maximum atomic E-state index is 13.1. The zero-order valence-electron chi connectivity index (χ0n) is 14.3. The second-order valence-corrected chi connectivity index (χ2v) is 8.75. The molecule has 1 unspecified atom stereocenters. The predicted molar refractivity (Wildman–Crippen MR) is 98.0 cm³/mol. The Labute approximate surface area is 161 Å². The van der Waals surface area contributed by atoms with Gasteiger partial charge in [-0.15, -0.1) is 5.10 Å². The second-order valence-electron chi connectivity index (χ2n) is 5.71. The number of benzene rings is 2. The number of hydrogen-bond acceptors (Lipinski definition) is 4. The second kappa shape index (κ2) is 7.40. The summed E-state index contributed by atoms with van der Waals surface area (Å²) < 4.78 is 75.9. The van der Waals surface area contributed by atoms with E-state index < -0.39 is 32.7 Å². The summed E-state index contributed by atoms with van der Waals surface area (Å²) in [7, 11) is -5.43. The van der Waals surface area contributed by atoms with Crippen molar-refractivity contribution in [3.05, 3.63) is 66.4 Å². The molecule has 1 heterocycles. The average Bonchev–Trinajstić information content (AvgIpc) is 3.06. The molecule has 0 saturated heterocycles. The highest BCUT2D eigenvalue weighted by molar-refractivity contribution is 7.92. The summed E-state index contributed by atoms with van der Waals surface area (Å²) in [6.45, 7) is 0. The number of aromatic nitrogens is 2. The van der Waals surface area contributed by atoms with Crippen LogP contribution in [0.25, 0.3) is 11.3 Å². The number of hydrogen-bond donors (Lipinski definition) is 1. The van der Waals surface area contributed by atoms with Gasteiger partial charge in [0.25, 0.3) is 10.0 Å². The molecule has 6 nitrogen and oxygen atoms in total. The summed E-state index contributed by atoms with van der Waals surface area (Å²) in [5, 5.41) is 3.37. The molecule has 3 rings (SSSR count). The van der Waals surface area contributed by atoms with Gasteiger partial charge in [0.1, 0.15) is 0 Å². The van der Waals surface area contributed by atoms with E-state index in [4.69, 9.17) is 0 Å². The molecule has 0 bridgehead atoms. The predicted octanol–water partition coefficient (Wildman–Crippen LogP) is 3.24. The molecule has 1 N–H and O–H groups in total. The summed E-state index contributed by atoms with van der Waals surface area (Å²) in [5.41, 5.74) is -1.09. The maximum Gasteiger partial charge on any atom is 0.435 e. The van der Waals surface area contributed by atoms with Crippen molar-refractivity contribution in [1.82, 2.24) is 9.89 Å². The lowest BCUT2D eigenvalue weighted by molar-refractivity contribution is -0.141. The molecule has 11 heteroatoms. The fourth-order valence-electron chi connectivity index (χ4n) is 2.38. The van der Waals surface area contributed by atoms with Gasteiger partial charge in [-0.05, 0) is 30.3 Å². The molecule has 148 valence electrons. The van der Waals surface area contributed by atoms with Crippen molar-refractivity contribution in [2.45, 2.75) is 16.0 Å². The molecule has 0 aliphatic rings. The van der Waals surface area contributed by atoms with Gasteiger partial charge in [-0.1, -0.05) is 30.3 Å². The van der Waals surface area contributed by atoms with Crippen LogP contribution in [0.5, 0.6) is 0 Å². The molecule has 0 spiro atoms. The molecule has 0 radical (unpaired) electrons. The highest BCUT2D eigenvalue weighted by Gasteiger charge is 2.35. The summed E-state index contributed by atoms with van der Waals surface area (Å²) in [4.78, 5) is 2.98. The number of rotatable bonds is 5. The van der Waals surface area contributed by atoms with Gasteiger partial charge >= 0.3 is 6.18 Å². The number of halogens is 3. The maximum absolute atomic E-state index is 13.1. The van der Waals surface area contributed by atoms with Crippen LogP contribution in [0, 0.1) is 0 Å². The zero-order chi connectivity index (χ0) is 20.5. The van der Waals surface area contributed by atoms with E-state index in [2.05, 4.69) is 5.10 Å². The Bertz CT molecular complexity index is 1110. The Morgan fingerprint density at radius 1 is 1.04 bits per heavy atom. The first-order valence-corrected chi connectivity index (χ1v) is 10.8. The molecule has 1 aromatic heterocycles. The first-order valence-electron chi connectivity index (χ1n) is 7.77. The van der Waals surface area contributed by atoms with E-state index in [0.29, 0.717) is 9.69 Å². The summed E-state index contributed by atoms with van der Waals surface area (Å²) in [6.07, 6.45) is -3.29. The van der Waals surface area contributed by atoms with Crippen LogP contribution >= 0.6 is 0 Å². The number of nitrogens with one attached hydrogen (secondary N) is 1. The van der Waals surface area contributed by atoms with Gasteiger partial charge in [0.05, 0.1) is 10.6 Å². The standard InChI is InChI=1S/C17H14F3N3O3S2/c1-27(24)13-9-7-12(8-10-13)15-11-16(17(18,19)20)21-23(15)22-28(25,26)14-5-3-2-4-6-14/h2-11,22H,1H3. The minimum absolute atomic E-state index is 0.111. The molecule has 0 fully saturated rings. The number of sulfonamides is 1. The lowest BCUT2D eigenvalue weighted by Gasteiger charge is -2.11. The van der Waals surface area contributed by atoms with Crippen molar-refractivity contribution < 1.29 is 25.8 Å². The van der Waals surface area contributed by atoms with E-state index in [1.165, 1.54) is 54.8 Å². The zero-order valence-corrected chi connectivity index (χ0v) is 16.0. The minimum Gasteiger partial charge on any atom is -0.255 e. The topological polar surface area (TPSA) is 81.1 Å². The first-order chi connectivity index (χ1) is 13.1. The Kier molecular flexibility index (Phi) is 5.31.